The lowest BCUT2D eigenvalue weighted by molar-refractivity contribution is 0.732. The molecule has 2 aromatic rings. The van der Waals surface area contributed by atoms with Crippen LogP contribution in [0.5, 0.6) is 0 Å². The molecule has 0 radical (unpaired) electrons. The van der Waals surface area contributed by atoms with Gasteiger partial charge in [0.1, 0.15) is 0 Å². The highest BCUT2D eigenvalue weighted by Gasteiger charge is 2.23. The van der Waals surface area contributed by atoms with Crippen LogP contribution < -0.4 is 0 Å². The smallest absolute Gasteiger partial charge is 0.00614 e. The summed E-state index contributed by atoms with van der Waals surface area (Å²) in [6, 6.07) is 10.1. The molecule has 0 nitrogen and oxygen atoms in total. The summed E-state index contributed by atoms with van der Waals surface area (Å²) in [5, 5.41) is 0. The summed E-state index contributed by atoms with van der Waals surface area (Å²) in [6.07, 6.45) is 0. The van der Waals surface area contributed by atoms with Crippen LogP contribution in [0.1, 0.15) is 176 Å². The molecule has 0 spiro atoms. The number of benzene rings is 2. The lowest BCUT2D eigenvalue weighted by atomic mass is 9.77. The molecule has 0 N–H and O–H groups in total. The molecule has 0 aliphatic carbocycles. The maximum absolute atomic E-state index is 2.52. The second-order valence-corrected chi connectivity index (χ2v) is 11.9. The summed E-state index contributed by atoms with van der Waals surface area (Å²) in [4.78, 5) is 0. The van der Waals surface area contributed by atoms with Crippen molar-refractivity contribution in [2.45, 2.75) is 131 Å². The molecule has 0 unspecified atom stereocenters. The van der Waals surface area contributed by atoms with Gasteiger partial charge in [-0.1, -0.05) is 114 Å². The van der Waals surface area contributed by atoms with Crippen molar-refractivity contribution >= 4 is 0 Å². The number of rotatable bonds is 8. The fourth-order valence-electron chi connectivity index (χ4n) is 5.38. The van der Waals surface area contributed by atoms with Crippen LogP contribution in [0.3, 0.4) is 0 Å². The van der Waals surface area contributed by atoms with Gasteiger partial charge in [0.2, 0.25) is 0 Å². The minimum absolute atomic E-state index is 0.391. The van der Waals surface area contributed by atoms with Crippen molar-refractivity contribution in [3.05, 3.63) is 68.8 Å². The molecule has 0 saturated heterocycles. The van der Waals surface area contributed by atoms with E-state index in [1.54, 1.807) is 33.4 Å². The van der Waals surface area contributed by atoms with Gasteiger partial charge in [-0.3, -0.25) is 0 Å². The van der Waals surface area contributed by atoms with Crippen LogP contribution in [0.2, 0.25) is 0 Å². The normalized spacial score (nSPS) is 12.6. The second-order valence-electron chi connectivity index (χ2n) is 11.9. The summed E-state index contributed by atoms with van der Waals surface area (Å²) in [5.74, 6) is 3.66. The Morgan fingerprint density at radius 1 is 0.344 bits per heavy atom. The third-order valence-electron chi connectivity index (χ3n) is 7.18. The fourth-order valence-corrected chi connectivity index (χ4v) is 5.38. The molecule has 0 saturated carbocycles. The maximum atomic E-state index is 2.52. The van der Waals surface area contributed by atoms with Crippen LogP contribution in [0.25, 0.3) is 0 Å². The highest BCUT2D eigenvalue weighted by Crippen LogP contribution is 2.40. The van der Waals surface area contributed by atoms with Crippen LogP contribution in [-0.4, -0.2) is 0 Å². The summed E-state index contributed by atoms with van der Waals surface area (Å²) in [7, 11) is 0. The van der Waals surface area contributed by atoms with Crippen LogP contribution in [0.4, 0.5) is 0 Å². The Hall–Kier alpha value is -1.56. The minimum Gasteiger partial charge on any atom is -0.0587 e. The van der Waals surface area contributed by atoms with Crippen molar-refractivity contribution in [1.29, 1.82) is 0 Å². The van der Waals surface area contributed by atoms with Gasteiger partial charge in [0.25, 0.3) is 0 Å². The quantitative estimate of drug-likeness (QED) is 0.387. The first-order valence-corrected chi connectivity index (χ1v) is 13.1. The number of hydrogen-bond acceptors (Lipinski definition) is 0. The standard InChI is InChI=1S/C32H50/c1-18(2)27-14-25(15-28(19(3)4)31(27)22(9)10)24(13)26-16-29(20(5)6)32(23(11)12)30(17-26)21(7)8/h14-24H,1-13H3. The van der Waals surface area contributed by atoms with Crippen molar-refractivity contribution < 1.29 is 0 Å². The van der Waals surface area contributed by atoms with E-state index in [0.29, 0.717) is 41.4 Å². The molecule has 2 aromatic carbocycles. The fraction of sp³-hybridized carbons (Fsp3) is 0.625. The molecule has 0 heteroatoms. The lowest BCUT2D eigenvalue weighted by Crippen LogP contribution is -2.11. The Kier molecular flexibility index (Phi) is 8.82. The molecule has 0 aliphatic heterocycles. The van der Waals surface area contributed by atoms with Gasteiger partial charge in [0.05, 0.1) is 0 Å². The first-order chi connectivity index (χ1) is 14.8. The Morgan fingerprint density at radius 2 is 0.562 bits per heavy atom. The van der Waals surface area contributed by atoms with E-state index in [1.165, 1.54) is 11.1 Å². The lowest BCUT2D eigenvalue weighted by Gasteiger charge is -2.28. The monoisotopic (exact) mass is 434 g/mol. The average molecular weight is 435 g/mol. The summed E-state index contributed by atoms with van der Waals surface area (Å²) < 4.78 is 0. The van der Waals surface area contributed by atoms with E-state index in [4.69, 9.17) is 0 Å². The molecule has 0 atom stereocenters. The third-order valence-corrected chi connectivity index (χ3v) is 7.18. The van der Waals surface area contributed by atoms with Crippen LogP contribution in [-0.2, 0) is 0 Å². The first kappa shape index (κ1) is 26.7. The predicted octanol–water partition coefficient (Wildman–Crippen LogP) is 10.6. The van der Waals surface area contributed by atoms with Crippen LogP contribution in [0, 0.1) is 0 Å². The Morgan fingerprint density at radius 3 is 0.719 bits per heavy atom. The molecule has 32 heavy (non-hydrogen) atoms. The molecule has 2 rings (SSSR count). The average Bonchev–Trinajstić information content (AvgIpc) is 2.70. The topological polar surface area (TPSA) is 0 Å². The minimum atomic E-state index is 0.391. The third kappa shape index (κ3) is 5.49. The van der Waals surface area contributed by atoms with Crippen molar-refractivity contribution in [3.8, 4) is 0 Å². The first-order valence-electron chi connectivity index (χ1n) is 13.1. The van der Waals surface area contributed by atoms with Crippen molar-refractivity contribution in [1.82, 2.24) is 0 Å². The molecule has 0 aromatic heterocycles. The van der Waals surface area contributed by atoms with Gasteiger partial charge in [0, 0.05) is 5.92 Å². The van der Waals surface area contributed by atoms with E-state index >= 15 is 0 Å². The van der Waals surface area contributed by atoms with Gasteiger partial charge in [-0.2, -0.15) is 0 Å². The molecule has 0 heterocycles. The summed E-state index contributed by atoms with van der Waals surface area (Å²) >= 11 is 0. The highest BCUT2D eigenvalue weighted by atomic mass is 14.3. The van der Waals surface area contributed by atoms with E-state index in [-0.39, 0.29) is 0 Å². The second kappa shape index (κ2) is 10.6. The Labute approximate surface area is 200 Å². The molecule has 0 fully saturated rings. The van der Waals surface area contributed by atoms with Gasteiger partial charge in [-0.25, -0.2) is 0 Å². The van der Waals surface area contributed by atoms with Crippen molar-refractivity contribution in [3.63, 3.8) is 0 Å². The van der Waals surface area contributed by atoms with Gasteiger partial charge >= 0.3 is 0 Å². The highest BCUT2D eigenvalue weighted by molar-refractivity contribution is 5.50. The van der Waals surface area contributed by atoms with Crippen LogP contribution >= 0.6 is 0 Å². The molecule has 0 amide bonds. The zero-order chi connectivity index (χ0) is 24.5. The van der Waals surface area contributed by atoms with Gasteiger partial charge in [-0.05, 0) is 80.0 Å². The maximum Gasteiger partial charge on any atom is 0.00614 e. The SMILES string of the molecule is CC(C)c1cc(C(C)c2cc(C(C)C)c(C(C)C)c(C(C)C)c2)cc(C(C)C)c1C(C)C. The Balaban J connectivity index is 2.78. The van der Waals surface area contributed by atoms with Crippen molar-refractivity contribution in [2.24, 2.45) is 0 Å². The van der Waals surface area contributed by atoms with Gasteiger partial charge in [0.15, 0.2) is 0 Å². The van der Waals surface area contributed by atoms with E-state index < -0.39 is 0 Å². The zero-order valence-corrected chi connectivity index (χ0v) is 23.4. The Bertz CT molecular complexity index is 772. The number of hydrogen-bond donors (Lipinski definition) is 0. The van der Waals surface area contributed by atoms with E-state index in [1.807, 2.05) is 0 Å². The largest absolute Gasteiger partial charge is 0.0587 e. The summed E-state index contributed by atoms with van der Waals surface area (Å²) in [6.45, 7) is 30.6. The van der Waals surface area contributed by atoms with E-state index in [2.05, 4.69) is 114 Å². The van der Waals surface area contributed by atoms with E-state index in [9.17, 15) is 0 Å². The molecule has 178 valence electrons. The van der Waals surface area contributed by atoms with Gasteiger partial charge in [-0.15, -0.1) is 0 Å². The zero-order valence-electron chi connectivity index (χ0n) is 23.4. The summed E-state index contributed by atoms with van der Waals surface area (Å²) in [5.41, 5.74) is 12.3. The van der Waals surface area contributed by atoms with Gasteiger partial charge < -0.3 is 0 Å². The van der Waals surface area contributed by atoms with Crippen molar-refractivity contribution in [2.75, 3.05) is 0 Å². The van der Waals surface area contributed by atoms with E-state index in [0.717, 1.165) is 0 Å². The van der Waals surface area contributed by atoms with Crippen LogP contribution in [0.15, 0.2) is 24.3 Å². The molecule has 0 bridgehead atoms. The molecular formula is C32H50. The predicted molar refractivity (Wildman–Crippen MR) is 145 cm³/mol. The molecular weight excluding hydrogens is 384 g/mol. The molecule has 0 aliphatic rings.